The van der Waals surface area contributed by atoms with Gasteiger partial charge in [0.25, 0.3) is 0 Å². The number of aromatic nitrogens is 2. The number of hydrogen-bond donors (Lipinski definition) is 2. The molecule has 0 saturated carbocycles. The van der Waals surface area contributed by atoms with Crippen molar-refractivity contribution in [2.75, 3.05) is 13.7 Å². The second-order valence-electron chi connectivity index (χ2n) is 6.52. The first-order valence-corrected chi connectivity index (χ1v) is 9.82. The first-order chi connectivity index (χ1) is 15.1. The third kappa shape index (κ3) is 6.43. The van der Waals surface area contributed by atoms with Crippen molar-refractivity contribution in [1.82, 2.24) is 20.4 Å². The summed E-state index contributed by atoms with van der Waals surface area (Å²) >= 11 is 0. The van der Waals surface area contributed by atoms with E-state index in [1.807, 2.05) is 43.5 Å². The third-order valence-electron chi connectivity index (χ3n) is 4.40. The molecular formula is C22H25F2N5O2. The highest BCUT2D eigenvalue weighted by atomic mass is 19.3. The highest BCUT2D eigenvalue weighted by Crippen LogP contribution is 2.25. The first-order valence-electron chi connectivity index (χ1n) is 9.82. The van der Waals surface area contributed by atoms with Gasteiger partial charge in [0.05, 0.1) is 19.3 Å². The number of benzene rings is 2. The monoisotopic (exact) mass is 429 g/mol. The Morgan fingerprint density at radius 1 is 1.16 bits per heavy atom. The van der Waals surface area contributed by atoms with Crippen LogP contribution >= 0.6 is 0 Å². The smallest absolute Gasteiger partial charge is 0.387 e. The molecule has 1 aromatic heterocycles. The molecule has 0 atom stereocenters. The second-order valence-corrected chi connectivity index (χ2v) is 6.52. The lowest BCUT2D eigenvalue weighted by Gasteiger charge is -2.15. The topological polar surface area (TPSA) is 72.7 Å². The second kappa shape index (κ2) is 11.0. The number of aliphatic imine (C=N–C) groups is 1. The van der Waals surface area contributed by atoms with Gasteiger partial charge in [-0.1, -0.05) is 12.1 Å². The molecule has 1 heterocycles. The quantitative estimate of drug-likeness (QED) is 0.401. The molecule has 0 unspecified atom stereocenters. The van der Waals surface area contributed by atoms with Gasteiger partial charge < -0.3 is 20.1 Å². The van der Waals surface area contributed by atoms with Crippen molar-refractivity contribution in [3.63, 3.8) is 0 Å². The molecule has 3 rings (SSSR count). The molecule has 0 fully saturated rings. The summed E-state index contributed by atoms with van der Waals surface area (Å²) in [5, 5.41) is 10.5. The van der Waals surface area contributed by atoms with Gasteiger partial charge in [-0.25, -0.2) is 9.67 Å². The summed E-state index contributed by atoms with van der Waals surface area (Å²) in [5.41, 5.74) is 2.53. The minimum absolute atomic E-state index is 0.0911. The number of nitrogens with one attached hydrogen (secondary N) is 2. The summed E-state index contributed by atoms with van der Waals surface area (Å²) in [5.74, 6) is 1.20. The van der Waals surface area contributed by atoms with Crippen LogP contribution in [0, 0.1) is 0 Å². The van der Waals surface area contributed by atoms with Crippen LogP contribution in [0.25, 0.3) is 5.69 Å². The molecule has 0 bridgehead atoms. The highest BCUT2D eigenvalue weighted by molar-refractivity contribution is 5.79. The Kier molecular flexibility index (Phi) is 7.80. The summed E-state index contributed by atoms with van der Waals surface area (Å²) in [4.78, 5) is 4.58. The van der Waals surface area contributed by atoms with E-state index in [4.69, 9.17) is 4.74 Å². The van der Waals surface area contributed by atoms with Crippen molar-refractivity contribution in [1.29, 1.82) is 0 Å². The lowest BCUT2D eigenvalue weighted by molar-refractivity contribution is -0.0504. The Morgan fingerprint density at radius 3 is 2.61 bits per heavy atom. The lowest BCUT2D eigenvalue weighted by atomic mass is 10.2. The molecule has 0 spiro atoms. The number of guanidine groups is 1. The SMILES string of the molecule is CCNC(=NCc1ccc(-n2cccn2)cc1)NCc1cc(OC)ccc1OC(F)F. The zero-order chi connectivity index (χ0) is 22.1. The first kappa shape index (κ1) is 22.1. The maximum absolute atomic E-state index is 12.7. The van der Waals surface area contributed by atoms with Crippen molar-refractivity contribution in [2.45, 2.75) is 26.6 Å². The van der Waals surface area contributed by atoms with Crippen LogP contribution < -0.4 is 20.1 Å². The molecular weight excluding hydrogens is 404 g/mol. The molecule has 9 heteroatoms. The van der Waals surface area contributed by atoms with Crippen LogP contribution in [0.2, 0.25) is 0 Å². The number of ether oxygens (including phenoxy) is 2. The van der Waals surface area contributed by atoms with E-state index in [-0.39, 0.29) is 12.3 Å². The van der Waals surface area contributed by atoms with E-state index in [9.17, 15) is 8.78 Å². The number of methoxy groups -OCH3 is 1. The number of halogens is 2. The van der Waals surface area contributed by atoms with Gasteiger partial charge >= 0.3 is 6.61 Å². The van der Waals surface area contributed by atoms with Crippen LogP contribution in [0.1, 0.15) is 18.1 Å². The summed E-state index contributed by atoms with van der Waals surface area (Å²) in [6, 6.07) is 14.5. The molecule has 0 radical (unpaired) electrons. The summed E-state index contributed by atoms with van der Waals surface area (Å²) in [7, 11) is 1.52. The largest absolute Gasteiger partial charge is 0.497 e. The van der Waals surface area contributed by atoms with Crippen LogP contribution in [-0.2, 0) is 13.1 Å². The maximum Gasteiger partial charge on any atom is 0.387 e. The molecule has 0 amide bonds. The summed E-state index contributed by atoms with van der Waals surface area (Å²) < 4.78 is 37.0. The Morgan fingerprint density at radius 2 is 1.97 bits per heavy atom. The van der Waals surface area contributed by atoms with Gasteiger partial charge in [0.2, 0.25) is 0 Å². The Balaban J connectivity index is 1.67. The van der Waals surface area contributed by atoms with Gasteiger partial charge in [0.1, 0.15) is 11.5 Å². The molecule has 0 aliphatic carbocycles. The van der Waals surface area contributed by atoms with Gasteiger partial charge in [-0.05, 0) is 48.9 Å². The predicted octanol–water partition coefficient (Wildman–Crippen LogP) is 3.74. The van der Waals surface area contributed by atoms with Gasteiger partial charge in [0, 0.05) is 31.0 Å². The fraction of sp³-hybridized carbons (Fsp3) is 0.273. The predicted molar refractivity (Wildman–Crippen MR) is 115 cm³/mol. The zero-order valence-corrected chi connectivity index (χ0v) is 17.4. The van der Waals surface area contributed by atoms with Gasteiger partial charge in [-0.2, -0.15) is 13.9 Å². The maximum atomic E-state index is 12.7. The van der Waals surface area contributed by atoms with E-state index in [2.05, 4.69) is 25.5 Å². The third-order valence-corrected chi connectivity index (χ3v) is 4.40. The number of hydrogen-bond acceptors (Lipinski definition) is 4. The highest BCUT2D eigenvalue weighted by Gasteiger charge is 2.11. The van der Waals surface area contributed by atoms with E-state index in [0.29, 0.717) is 30.4 Å². The minimum Gasteiger partial charge on any atom is -0.497 e. The minimum atomic E-state index is -2.90. The van der Waals surface area contributed by atoms with Gasteiger partial charge in [-0.3, -0.25) is 0 Å². The number of alkyl halides is 2. The van der Waals surface area contributed by atoms with Crippen LogP contribution in [0.4, 0.5) is 8.78 Å². The molecule has 0 saturated heterocycles. The molecule has 31 heavy (non-hydrogen) atoms. The molecule has 3 aromatic rings. The Hall–Kier alpha value is -3.62. The van der Waals surface area contributed by atoms with E-state index in [0.717, 1.165) is 11.3 Å². The number of nitrogens with zero attached hydrogens (tertiary/aromatic N) is 3. The van der Waals surface area contributed by atoms with Crippen LogP contribution in [0.3, 0.4) is 0 Å². The fourth-order valence-electron chi connectivity index (χ4n) is 2.90. The zero-order valence-electron chi connectivity index (χ0n) is 17.4. The lowest BCUT2D eigenvalue weighted by Crippen LogP contribution is -2.36. The van der Waals surface area contributed by atoms with Crippen molar-refractivity contribution in [3.8, 4) is 17.2 Å². The van der Waals surface area contributed by atoms with Crippen molar-refractivity contribution < 1.29 is 18.3 Å². The van der Waals surface area contributed by atoms with Crippen LogP contribution in [-0.4, -0.2) is 36.0 Å². The fourth-order valence-corrected chi connectivity index (χ4v) is 2.90. The van der Waals surface area contributed by atoms with Crippen molar-refractivity contribution in [3.05, 3.63) is 72.1 Å². The van der Waals surface area contributed by atoms with Crippen LogP contribution in [0.5, 0.6) is 11.5 Å². The molecule has 2 N–H and O–H groups in total. The molecule has 0 aliphatic rings. The van der Waals surface area contributed by atoms with Crippen LogP contribution in [0.15, 0.2) is 65.9 Å². The Bertz CT molecular complexity index is 976. The Labute approximate surface area is 179 Å². The normalized spacial score (nSPS) is 11.5. The average Bonchev–Trinajstić information content (AvgIpc) is 3.31. The molecule has 164 valence electrons. The molecule has 2 aromatic carbocycles. The summed E-state index contributed by atoms with van der Waals surface area (Å²) in [6.45, 7) is 0.394. The van der Waals surface area contributed by atoms with Gasteiger partial charge in [-0.15, -0.1) is 0 Å². The van der Waals surface area contributed by atoms with E-state index >= 15 is 0 Å². The van der Waals surface area contributed by atoms with E-state index < -0.39 is 6.61 Å². The molecule has 7 nitrogen and oxygen atoms in total. The van der Waals surface area contributed by atoms with E-state index in [1.54, 1.807) is 23.0 Å². The van der Waals surface area contributed by atoms with E-state index in [1.165, 1.54) is 13.2 Å². The standard InChI is InChI=1S/C22H25F2N5O2/c1-3-25-22(26-14-16-5-7-18(8-6-16)29-12-4-11-28-29)27-15-17-13-19(30-2)9-10-20(17)31-21(23)24/h4-13,21H,3,14-15H2,1-2H3,(H2,25,26,27). The number of rotatable bonds is 9. The average molecular weight is 429 g/mol. The van der Waals surface area contributed by atoms with Crippen molar-refractivity contribution in [2.24, 2.45) is 4.99 Å². The summed E-state index contributed by atoms with van der Waals surface area (Å²) in [6.07, 6.45) is 3.61. The van der Waals surface area contributed by atoms with Crippen molar-refractivity contribution >= 4 is 5.96 Å². The van der Waals surface area contributed by atoms with Gasteiger partial charge in [0.15, 0.2) is 5.96 Å². The molecule has 0 aliphatic heterocycles.